The third-order valence-electron chi connectivity index (χ3n) is 3.74. The maximum atomic E-state index is 5.75. The number of H-pyrrole nitrogens is 1. The second kappa shape index (κ2) is 4.44. The van der Waals surface area contributed by atoms with Gasteiger partial charge in [0.05, 0.1) is 6.33 Å². The van der Waals surface area contributed by atoms with Gasteiger partial charge < -0.3 is 15.6 Å². The van der Waals surface area contributed by atoms with E-state index in [2.05, 4.69) is 31.9 Å². The Bertz CT molecular complexity index is 542. The number of hydrogen-bond donors (Lipinski definition) is 2. The molecule has 0 unspecified atom stereocenters. The van der Waals surface area contributed by atoms with E-state index in [0.717, 1.165) is 11.3 Å². The zero-order chi connectivity index (χ0) is 12.5. The molecule has 1 fully saturated rings. The number of imidazole rings is 1. The topological polar surface area (TPSA) is 83.7 Å². The minimum atomic E-state index is 0.284. The smallest absolute Gasteiger partial charge is 0.224 e. The summed E-state index contributed by atoms with van der Waals surface area (Å²) in [6.07, 6.45) is 8.00. The van der Waals surface area contributed by atoms with E-state index in [1.807, 2.05) is 0 Å². The van der Waals surface area contributed by atoms with Gasteiger partial charge in [0.15, 0.2) is 11.5 Å². The summed E-state index contributed by atoms with van der Waals surface area (Å²) in [6.45, 7) is 0. The summed E-state index contributed by atoms with van der Waals surface area (Å²) < 4.78 is 0. The molecule has 1 aliphatic rings. The van der Waals surface area contributed by atoms with Gasteiger partial charge in [0, 0.05) is 13.1 Å². The molecule has 0 saturated heterocycles. The second-order valence-corrected chi connectivity index (χ2v) is 4.91. The predicted octanol–water partition coefficient (Wildman–Crippen LogP) is 1.70. The molecule has 2 heterocycles. The van der Waals surface area contributed by atoms with Gasteiger partial charge >= 0.3 is 0 Å². The maximum Gasteiger partial charge on any atom is 0.224 e. The number of fused-ring (bicyclic) bond motifs is 1. The van der Waals surface area contributed by atoms with Crippen molar-refractivity contribution in [3.63, 3.8) is 0 Å². The Balaban J connectivity index is 1.99. The van der Waals surface area contributed by atoms with E-state index in [1.54, 1.807) is 6.33 Å². The second-order valence-electron chi connectivity index (χ2n) is 4.91. The molecule has 0 aromatic carbocycles. The summed E-state index contributed by atoms with van der Waals surface area (Å²) in [5.74, 6) is 1.15. The third kappa shape index (κ3) is 1.87. The zero-order valence-corrected chi connectivity index (χ0v) is 10.6. The van der Waals surface area contributed by atoms with Gasteiger partial charge in [-0.15, -0.1) is 0 Å². The van der Waals surface area contributed by atoms with E-state index < -0.39 is 0 Å². The van der Waals surface area contributed by atoms with Crippen LogP contribution in [0.1, 0.15) is 32.1 Å². The van der Waals surface area contributed by atoms with Crippen molar-refractivity contribution in [1.29, 1.82) is 0 Å². The molecule has 2 aromatic heterocycles. The van der Waals surface area contributed by atoms with E-state index in [0.29, 0.717) is 11.7 Å². The van der Waals surface area contributed by atoms with Gasteiger partial charge in [0.2, 0.25) is 5.95 Å². The van der Waals surface area contributed by atoms with Crippen molar-refractivity contribution in [3.05, 3.63) is 6.33 Å². The van der Waals surface area contributed by atoms with Crippen molar-refractivity contribution in [1.82, 2.24) is 19.9 Å². The molecule has 96 valence electrons. The molecule has 6 nitrogen and oxygen atoms in total. The van der Waals surface area contributed by atoms with Crippen LogP contribution in [0.25, 0.3) is 11.2 Å². The summed E-state index contributed by atoms with van der Waals surface area (Å²) in [5, 5.41) is 0. The van der Waals surface area contributed by atoms with Crippen LogP contribution in [0.4, 0.5) is 11.8 Å². The molecule has 0 bridgehead atoms. The van der Waals surface area contributed by atoms with Crippen molar-refractivity contribution < 1.29 is 0 Å². The first kappa shape index (κ1) is 11.3. The molecule has 3 N–H and O–H groups in total. The summed E-state index contributed by atoms with van der Waals surface area (Å²) in [5.41, 5.74) is 7.26. The van der Waals surface area contributed by atoms with Gasteiger partial charge in [-0.1, -0.05) is 19.3 Å². The molecular weight excluding hydrogens is 228 g/mol. The van der Waals surface area contributed by atoms with E-state index in [4.69, 9.17) is 5.73 Å². The van der Waals surface area contributed by atoms with Gasteiger partial charge in [-0.25, -0.2) is 4.98 Å². The first-order valence-corrected chi connectivity index (χ1v) is 6.45. The highest BCUT2D eigenvalue weighted by atomic mass is 15.2. The Labute approximate surface area is 106 Å². The molecule has 3 rings (SSSR count). The molecular formula is C12H18N6. The quantitative estimate of drug-likeness (QED) is 0.842. The van der Waals surface area contributed by atoms with Crippen LogP contribution in [-0.4, -0.2) is 33.0 Å². The Kier molecular flexibility index (Phi) is 2.77. The predicted molar refractivity (Wildman–Crippen MR) is 71.4 cm³/mol. The molecule has 0 aliphatic heterocycles. The Morgan fingerprint density at radius 2 is 2.06 bits per heavy atom. The van der Waals surface area contributed by atoms with Crippen molar-refractivity contribution in [2.45, 2.75) is 38.1 Å². The summed E-state index contributed by atoms with van der Waals surface area (Å²) >= 11 is 0. The Morgan fingerprint density at radius 1 is 1.28 bits per heavy atom. The molecule has 0 atom stereocenters. The minimum absolute atomic E-state index is 0.284. The van der Waals surface area contributed by atoms with Gasteiger partial charge in [-0.3, -0.25) is 0 Å². The van der Waals surface area contributed by atoms with E-state index in [9.17, 15) is 0 Å². The molecule has 2 aromatic rings. The van der Waals surface area contributed by atoms with Crippen molar-refractivity contribution in [3.8, 4) is 0 Å². The Morgan fingerprint density at radius 3 is 2.83 bits per heavy atom. The number of hydrogen-bond acceptors (Lipinski definition) is 5. The van der Waals surface area contributed by atoms with Crippen molar-refractivity contribution >= 4 is 22.9 Å². The van der Waals surface area contributed by atoms with Gasteiger partial charge in [-0.2, -0.15) is 9.97 Å². The highest BCUT2D eigenvalue weighted by molar-refractivity contribution is 5.84. The number of nitrogen functional groups attached to an aromatic ring is 1. The average Bonchev–Trinajstić information content (AvgIpc) is 2.86. The van der Waals surface area contributed by atoms with E-state index in [1.165, 1.54) is 32.1 Å². The third-order valence-corrected chi connectivity index (χ3v) is 3.74. The average molecular weight is 246 g/mol. The Hall–Kier alpha value is -1.85. The van der Waals surface area contributed by atoms with E-state index >= 15 is 0 Å². The van der Waals surface area contributed by atoms with Gasteiger partial charge in [0.1, 0.15) is 5.52 Å². The summed E-state index contributed by atoms with van der Waals surface area (Å²) in [4.78, 5) is 18.0. The number of anilines is 2. The number of aromatic amines is 1. The zero-order valence-electron chi connectivity index (χ0n) is 10.6. The number of rotatable bonds is 2. The van der Waals surface area contributed by atoms with Crippen LogP contribution in [-0.2, 0) is 0 Å². The van der Waals surface area contributed by atoms with Crippen LogP contribution in [0, 0.1) is 0 Å². The SMILES string of the molecule is CN(c1nc(N)nc2nc[nH]c12)C1CCCCC1. The molecule has 0 radical (unpaired) electrons. The summed E-state index contributed by atoms with van der Waals surface area (Å²) in [6, 6.07) is 0.541. The largest absolute Gasteiger partial charge is 0.368 e. The lowest BCUT2D eigenvalue weighted by Gasteiger charge is -2.32. The van der Waals surface area contributed by atoms with Crippen LogP contribution >= 0.6 is 0 Å². The lowest BCUT2D eigenvalue weighted by Crippen LogP contribution is -2.34. The fourth-order valence-electron chi connectivity index (χ4n) is 2.73. The molecule has 0 spiro atoms. The number of nitrogens with two attached hydrogens (primary N) is 1. The first-order valence-electron chi connectivity index (χ1n) is 6.45. The van der Waals surface area contributed by atoms with Crippen LogP contribution in [0.2, 0.25) is 0 Å². The lowest BCUT2D eigenvalue weighted by atomic mass is 9.94. The standard InChI is InChI=1S/C12H18N6/c1-18(8-5-3-2-4-6-8)11-9-10(15-7-14-9)16-12(13)17-11/h7-8H,2-6H2,1H3,(H3,13,14,15,16,17). The normalized spacial score (nSPS) is 17.2. The lowest BCUT2D eigenvalue weighted by molar-refractivity contribution is 0.426. The van der Waals surface area contributed by atoms with Crippen LogP contribution in [0.15, 0.2) is 6.33 Å². The molecule has 1 aliphatic carbocycles. The molecule has 6 heteroatoms. The molecule has 1 saturated carbocycles. The minimum Gasteiger partial charge on any atom is -0.368 e. The summed E-state index contributed by atoms with van der Waals surface area (Å²) in [7, 11) is 2.08. The first-order chi connectivity index (χ1) is 8.75. The number of nitrogens with zero attached hydrogens (tertiary/aromatic N) is 4. The van der Waals surface area contributed by atoms with E-state index in [-0.39, 0.29) is 5.95 Å². The molecule has 18 heavy (non-hydrogen) atoms. The maximum absolute atomic E-state index is 5.75. The number of nitrogens with one attached hydrogen (secondary N) is 1. The van der Waals surface area contributed by atoms with Crippen LogP contribution in [0.5, 0.6) is 0 Å². The van der Waals surface area contributed by atoms with Gasteiger partial charge in [-0.05, 0) is 12.8 Å². The molecule has 0 amide bonds. The van der Waals surface area contributed by atoms with Crippen molar-refractivity contribution in [2.24, 2.45) is 0 Å². The van der Waals surface area contributed by atoms with Crippen molar-refractivity contribution in [2.75, 3.05) is 17.7 Å². The van der Waals surface area contributed by atoms with Crippen LogP contribution < -0.4 is 10.6 Å². The highest BCUT2D eigenvalue weighted by Crippen LogP contribution is 2.28. The van der Waals surface area contributed by atoms with Gasteiger partial charge in [0.25, 0.3) is 0 Å². The fraction of sp³-hybridized carbons (Fsp3) is 0.583. The monoisotopic (exact) mass is 246 g/mol. The number of aromatic nitrogens is 4. The van der Waals surface area contributed by atoms with Crippen LogP contribution in [0.3, 0.4) is 0 Å². The fourth-order valence-corrected chi connectivity index (χ4v) is 2.73. The highest BCUT2D eigenvalue weighted by Gasteiger charge is 2.22.